The number of hydrogen-bond donors (Lipinski definition) is 2. The number of anilines is 1. The largest absolute Gasteiger partial charge is 0.478 e. The molecule has 0 aliphatic carbocycles. The molecule has 1 fully saturated rings. The zero-order valence-corrected chi connectivity index (χ0v) is 10.8. The number of primary amides is 1. The van der Waals surface area contributed by atoms with Crippen molar-refractivity contribution in [3.63, 3.8) is 0 Å². The minimum Gasteiger partial charge on any atom is -0.478 e. The molecule has 2 heterocycles. The lowest BCUT2D eigenvalue weighted by atomic mass is 9.97. The summed E-state index contributed by atoms with van der Waals surface area (Å²) in [5.74, 6) is -0.876. The summed E-state index contributed by atoms with van der Waals surface area (Å²) in [6.07, 6.45) is 1.63. The molecule has 0 radical (unpaired) electrons. The van der Waals surface area contributed by atoms with E-state index in [9.17, 15) is 9.59 Å². The molecule has 1 aliphatic heterocycles. The fourth-order valence-electron chi connectivity index (χ4n) is 2.35. The maximum absolute atomic E-state index is 11.3. The van der Waals surface area contributed by atoms with Crippen molar-refractivity contribution in [3.05, 3.63) is 23.4 Å². The molecule has 1 aliphatic rings. The van der Waals surface area contributed by atoms with E-state index in [-0.39, 0.29) is 17.4 Å². The molecule has 0 saturated carbocycles. The molecule has 0 spiro atoms. The maximum Gasteiger partial charge on any atom is 0.335 e. The van der Waals surface area contributed by atoms with Crippen LogP contribution in [-0.2, 0) is 4.79 Å². The second-order valence-electron chi connectivity index (χ2n) is 4.85. The standard InChI is InChI=1S/C13H17N3O3/c1-8-5-10(13(18)19)6-11(15-8)16-4-2-3-9(7-16)12(14)17/h5-6,9H,2-4,7H2,1H3,(H2,14,17)(H,18,19). The number of hydrogen-bond acceptors (Lipinski definition) is 4. The highest BCUT2D eigenvalue weighted by atomic mass is 16.4. The first-order chi connectivity index (χ1) is 8.97. The number of aromatic carboxylic acids is 1. The normalized spacial score (nSPS) is 19.2. The van der Waals surface area contributed by atoms with E-state index in [0.29, 0.717) is 18.1 Å². The summed E-state index contributed by atoms with van der Waals surface area (Å²) >= 11 is 0. The summed E-state index contributed by atoms with van der Waals surface area (Å²) in [4.78, 5) is 28.6. The van der Waals surface area contributed by atoms with Crippen molar-refractivity contribution in [1.29, 1.82) is 0 Å². The van der Waals surface area contributed by atoms with Crippen LogP contribution in [0.1, 0.15) is 28.9 Å². The van der Waals surface area contributed by atoms with Gasteiger partial charge in [-0.2, -0.15) is 0 Å². The molecule has 6 nitrogen and oxygen atoms in total. The van der Waals surface area contributed by atoms with E-state index in [1.54, 1.807) is 13.0 Å². The Kier molecular flexibility index (Phi) is 3.69. The third kappa shape index (κ3) is 3.01. The molecule has 1 atom stereocenters. The number of amides is 1. The second-order valence-corrected chi connectivity index (χ2v) is 4.85. The molecule has 19 heavy (non-hydrogen) atoms. The van der Waals surface area contributed by atoms with E-state index in [0.717, 1.165) is 19.4 Å². The molecule has 0 aromatic carbocycles. The first kappa shape index (κ1) is 13.3. The lowest BCUT2D eigenvalue weighted by Crippen LogP contribution is -2.41. The van der Waals surface area contributed by atoms with Gasteiger partial charge in [0.25, 0.3) is 0 Å². The van der Waals surface area contributed by atoms with Gasteiger partial charge in [0.2, 0.25) is 5.91 Å². The van der Waals surface area contributed by atoms with E-state index >= 15 is 0 Å². The van der Waals surface area contributed by atoms with Crippen LogP contribution in [0.5, 0.6) is 0 Å². The van der Waals surface area contributed by atoms with Crippen LogP contribution in [0.15, 0.2) is 12.1 Å². The topological polar surface area (TPSA) is 96.5 Å². The fraction of sp³-hybridized carbons (Fsp3) is 0.462. The van der Waals surface area contributed by atoms with Crippen LogP contribution in [0.3, 0.4) is 0 Å². The van der Waals surface area contributed by atoms with Crippen molar-refractivity contribution >= 4 is 17.7 Å². The van der Waals surface area contributed by atoms with Crippen LogP contribution in [-0.4, -0.2) is 35.1 Å². The number of pyridine rings is 1. The van der Waals surface area contributed by atoms with Crippen LogP contribution < -0.4 is 10.6 Å². The highest BCUT2D eigenvalue weighted by Gasteiger charge is 2.25. The summed E-state index contributed by atoms with van der Waals surface area (Å²) in [6, 6.07) is 3.07. The van der Waals surface area contributed by atoms with Crippen LogP contribution in [0.2, 0.25) is 0 Å². The molecule has 2 rings (SSSR count). The Balaban J connectivity index is 2.26. The monoisotopic (exact) mass is 263 g/mol. The SMILES string of the molecule is Cc1cc(C(=O)O)cc(N2CCCC(C(N)=O)C2)n1. The zero-order valence-electron chi connectivity index (χ0n) is 10.8. The smallest absolute Gasteiger partial charge is 0.335 e. The van der Waals surface area contributed by atoms with Gasteiger partial charge in [0, 0.05) is 18.8 Å². The Bertz CT molecular complexity index is 516. The van der Waals surface area contributed by atoms with Crippen LogP contribution in [0.4, 0.5) is 5.82 Å². The van der Waals surface area contributed by atoms with Gasteiger partial charge in [0.1, 0.15) is 5.82 Å². The Morgan fingerprint density at radius 2 is 2.21 bits per heavy atom. The molecule has 1 saturated heterocycles. The summed E-state index contributed by atoms with van der Waals surface area (Å²) in [7, 11) is 0. The Morgan fingerprint density at radius 3 is 2.84 bits per heavy atom. The number of carbonyl (C=O) groups excluding carboxylic acids is 1. The minimum absolute atomic E-state index is 0.190. The molecular formula is C13H17N3O3. The lowest BCUT2D eigenvalue weighted by molar-refractivity contribution is -0.122. The number of carbonyl (C=O) groups is 2. The van der Waals surface area contributed by atoms with E-state index in [4.69, 9.17) is 10.8 Å². The summed E-state index contributed by atoms with van der Waals surface area (Å²) in [6.45, 7) is 3.02. The quantitative estimate of drug-likeness (QED) is 0.840. The number of aromatic nitrogens is 1. The number of nitrogens with zero attached hydrogens (tertiary/aromatic N) is 2. The van der Waals surface area contributed by atoms with Crippen LogP contribution in [0.25, 0.3) is 0 Å². The molecule has 6 heteroatoms. The average molecular weight is 263 g/mol. The number of carboxylic acid groups (broad SMARTS) is 1. The third-order valence-electron chi connectivity index (χ3n) is 3.33. The molecule has 1 aromatic rings. The first-order valence-electron chi connectivity index (χ1n) is 6.23. The number of rotatable bonds is 3. The highest BCUT2D eigenvalue weighted by molar-refractivity contribution is 5.88. The van der Waals surface area contributed by atoms with Gasteiger partial charge in [-0.15, -0.1) is 0 Å². The van der Waals surface area contributed by atoms with Crippen molar-refractivity contribution in [1.82, 2.24) is 4.98 Å². The molecule has 3 N–H and O–H groups in total. The molecule has 102 valence electrons. The number of nitrogens with two attached hydrogens (primary N) is 1. The van der Waals surface area contributed by atoms with Gasteiger partial charge in [-0.05, 0) is 31.9 Å². The van der Waals surface area contributed by atoms with Gasteiger partial charge in [0.15, 0.2) is 0 Å². The minimum atomic E-state index is -0.977. The summed E-state index contributed by atoms with van der Waals surface area (Å²) < 4.78 is 0. The first-order valence-corrected chi connectivity index (χ1v) is 6.23. The van der Waals surface area contributed by atoms with Crippen molar-refractivity contribution < 1.29 is 14.7 Å². The molecule has 0 bridgehead atoms. The number of aryl methyl sites for hydroxylation is 1. The highest BCUT2D eigenvalue weighted by Crippen LogP contribution is 2.23. The second kappa shape index (κ2) is 5.26. The average Bonchev–Trinajstić information content (AvgIpc) is 2.38. The zero-order chi connectivity index (χ0) is 14.0. The van der Waals surface area contributed by atoms with Gasteiger partial charge in [-0.25, -0.2) is 9.78 Å². The third-order valence-corrected chi connectivity index (χ3v) is 3.33. The fourth-order valence-corrected chi connectivity index (χ4v) is 2.35. The lowest BCUT2D eigenvalue weighted by Gasteiger charge is -2.32. The van der Waals surface area contributed by atoms with Crippen molar-refractivity contribution in [3.8, 4) is 0 Å². The van der Waals surface area contributed by atoms with Crippen molar-refractivity contribution in [2.75, 3.05) is 18.0 Å². The molecule has 1 aromatic heterocycles. The van der Waals surface area contributed by atoms with E-state index in [1.165, 1.54) is 6.07 Å². The van der Waals surface area contributed by atoms with Crippen LogP contribution in [0, 0.1) is 12.8 Å². The Morgan fingerprint density at radius 1 is 1.47 bits per heavy atom. The predicted molar refractivity (Wildman–Crippen MR) is 70.1 cm³/mol. The molecule has 1 unspecified atom stereocenters. The van der Waals surface area contributed by atoms with Crippen LogP contribution >= 0.6 is 0 Å². The molecular weight excluding hydrogens is 246 g/mol. The summed E-state index contributed by atoms with van der Waals surface area (Å²) in [5.41, 5.74) is 6.20. The van der Waals surface area contributed by atoms with Crippen molar-refractivity contribution in [2.24, 2.45) is 11.7 Å². The molecule has 1 amide bonds. The van der Waals surface area contributed by atoms with Crippen molar-refractivity contribution in [2.45, 2.75) is 19.8 Å². The Hall–Kier alpha value is -2.11. The van der Waals surface area contributed by atoms with Gasteiger partial charge < -0.3 is 15.7 Å². The van der Waals surface area contributed by atoms with Gasteiger partial charge in [0.05, 0.1) is 11.5 Å². The van der Waals surface area contributed by atoms with Gasteiger partial charge in [-0.1, -0.05) is 0 Å². The maximum atomic E-state index is 11.3. The van der Waals surface area contributed by atoms with Gasteiger partial charge in [-0.3, -0.25) is 4.79 Å². The Labute approximate surface area is 111 Å². The number of carboxylic acids is 1. The van der Waals surface area contributed by atoms with E-state index in [2.05, 4.69) is 4.98 Å². The number of piperidine rings is 1. The van der Waals surface area contributed by atoms with Gasteiger partial charge >= 0.3 is 5.97 Å². The van der Waals surface area contributed by atoms with E-state index in [1.807, 2.05) is 4.90 Å². The van der Waals surface area contributed by atoms with E-state index < -0.39 is 5.97 Å². The predicted octanol–water partition coefficient (Wildman–Crippen LogP) is 0.790. The summed E-state index contributed by atoms with van der Waals surface area (Å²) in [5, 5.41) is 9.05.